The minimum absolute atomic E-state index is 0.0451. The first-order valence-corrected chi connectivity index (χ1v) is 4.11. The van der Waals surface area contributed by atoms with Crippen molar-refractivity contribution in [1.82, 2.24) is 0 Å². The molecule has 0 aromatic rings. The average Bonchev–Trinajstić information content (AvgIpc) is 2.34. The van der Waals surface area contributed by atoms with Gasteiger partial charge in [0.1, 0.15) is 5.78 Å². The van der Waals surface area contributed by atoms with Gasteiger partial charge in [-0.2, -0.15) is 0 Å². The molecular formula is C9H12O2. The van der Waals surface area contributed by atoms with Gasteiger partial charge in [0.2, 0.25) is 0 Å². The Morgan fingerprint density at radius 2 is 2.36 bits per heavy atom. The first kappa shape index (κ1) is 7.04. The second-order valence-corrected chi connectivity index (χ2v) is 3.34. The molecule has 2 atom stereocenters. The van der Waals surface area contributed by atoms with Gasteiger partial charge in [-0.25, -0.2) is 0 Å². The van der Waals surface area contributed by atoms with Gasteiger partial charge in [0.25, 0.3) is 0 Å². The summed E-state index contributed by atoms with van der Waals surface area (Å²) in [5.41, 5.74) is 0.986. The summed E-state index contributed by atoms with van der Waals surface area (Å²) in [6.45, 7) is 4.44. The van der Waals surface area contributed by atoms with Gasteiger partial charge in [0.15, 0.2) is 0 Å². The van der Waals surface area contributed by atoms with E-state index < -0.39 is 0 Å². The van der Waals surface area contributed by atoms with Gasteiger partial charge in [0.05, 0.1) is 18.6 Å². The molecule has 2 fully saturated rings. The molecule has 0 unspecified atom stereocenters. The summed E-state index contributed by atoms with van der Waals surface area (Å²) in [6, 6.07) is 0. The summed E-state index contributed by atoms with van der Waals surface area (Å²) >= 11 is 0. The number of ketones is 1. The van der Waals surface area contributed by atoms with Crippen LogP contribution in [-0.2, 0) is 9.53 Å². The molecule has 1 heterocycles. The number of carbonyl (C=O) groups excluding carboxylic acids is 1. The summed E-state index contributed by atoms with van der Waals surface area (Å²) in [5.74, 6) is 0.382. The molecule has 0 bridgehead atoms. The molecular weight excluding hydrogens is 140 g/mol. The lowest BCUT2D eigenvalue weighted by Crippen LogP contribution is -2.29. The van der Waals surface area contributed by atoms with Gasteiger partial charge in [-0.1, -0.05) is 6.58 Å². The molecule has 0 N–H and O–H groups in total. The third-order valence-corrected chi connectivity index (χ3v) is 2.55. The fraction of sp³-hybridized carbons (Fsp3) is 0.667. The number of ether oxygens (including phenoxy) is 1. The lowest BCUT2D eigenvalue weighted by molar-refractivity contribution is -0.126. The Morgan fingerprint density at radius 1 is 1.55 bits per heavy atom. The molecule has 2 nitrogen and oxygen atoms in total. The third-order valence-electron chi connectivity index (χ3n) is 2.55. The summed E-state index contributed by atoms with van der Waals surface area (Å²) < 4.78 is 5.42. The van der Waals surface area contributed by atoms with Crippen molar-refractivity contribution in [2.24, 2.45) is 5.92 Å². The lowest BCUT2D eigenvalue weighted by atomic mass is 9.83. The Balaban J connectivity index is 2.21. The highest BCUT2D eigenvalue weighted by Gasteiger charge is 2.38. The van der Waals surface area contributed by atoms with Crippen molar-refractivity contribution in [2.45, 2.75) is 25.4 Å². The van der Waals surface area contributed by atoms with Crippen LogP contribution in [0.2, 0.25) is 0 Å². The van der Waals surface area contributed by atoms with E-state index in [4.69, 9.17) is 4.74 Å². The number of Topliss-reactive ketones (excluding diaryl/α,β-unsaturated/α-hetero) is 1. The van der Waals surface area contributed by atoms with Gasteiger partial charge >= 0.3 is 0 Å². The van der Waals surface area contributed by atoms with Crippen LogP contribution < -0.4 is 0 Å². The molecule has 0 aromatic heterocycles. The number of hydrogen-bond donors (Lipinski definition) is 0. The Hall–Kier alpha value is -0.630. The summed E-state index contributed by atoms with van der Waals surface area (Å²) in [5, 5.41) is 0. The largest absolute Gasteiger partial charge is 0.373 e. The maximum absolute atomic E-state index is 11.3. The highest BCUT2D eigenvalue weighted by molar-refractivity contribution is 5.85. The van der Waals surface area contributed by atoms with E-state index in [1.165, 1.54) is 0 Å². The van der Waals surface area contributed by atoms with Crippen LogP contribution in [0.15, 0.2) is 12.2 Å². The molecule has 1 aliphatic heterocycles. The molecule has 0 amide bonds. The van der Waals surface area contributed by atoms with E-state index in [1.807, 2.05) is 0 Å². The van der Waals surface area contributed by atoms with E-state index in [0.717, 1.165) is 24.8 Å². The second kappa shape index (κ2) is 2.45. The van der Waals surface area contributed by atoms with Crippen LogP contribution in [0, 0.1) is 5.92 Å². The number of fused-ring (bicyclic) bond motifs is 1. The SMILES string of the molecule is C=C1CO[C@H]2CCCC(=O)[C@@H]12. The Morgan fingerprint density at radius 3 is 3.09 bits per heavy atom. The fourth-order valence-corrected chi connectivity index (χ4v) is 1.98. The Bertz CT molecular complexity index is 208. The van der Waals surface area contributed by atoms with Crippen LogP contribution in [0.5, 0.6) is 0 Å². The minimum atomic E-state index is 0.0451. The monoisotopic (exact) mass is 152 g/mol. The van der Waals surface area contributed by atoms with Crippen molar-refractivity contribution in [1.29, 1.82) is 0 Å². The van der Waals surface area contributed by atoms with Crippen molar-refractivity contribution in [2.75, 3.05) is 6.61 Å². The standard InChI is InChI=1S/C9H12O2/c1-6-5-11-8-4-2-3-7(10)9(6)8/h8-9H,1-5H2/t8-,9+/m0/s1. The van der Waals surface area contributed by atoms with Gasteiger partial charge in [0, 0.05) is 6.42 Å². The molecule has 1 saturated carbocycles. The fourth-order valence-electron chi connectivity index (χ4n) is 1.98. The molecule has 60 valence electrons. The van der Waals surface area contributed by atoms with E-state index in [-0.39, 0.29) is 12.0 Å². The minimum Gasteiger partial charge on any atom is -0.373 e. The van der Waals surface area contributed by atoms with Crippen LogP contribution in [0.4, 0.5) is 0 Å². The van der Waals surface area contributed by atoms with E-state index >= 15 is 0 Å². The summed E-state index contributed by atoms with van der Waals surface area (Å²) in [6.07, 6.45) is 2.93. The Kier molecular flexibility index (Phi) is 1.57. The van der Waals surface area contributed by atoms with Crippen LogP contribution >= 0.6 is 0 Å². The summed E-state index contributed by atoms with van der Waals surface area (Å²) in [4.78, 5) is 11.3. The van der Waals surface area contributed by atoms with Gasteiger partial charge in [-0.3, -0.25) is 4.79 Å². The van der Waals surface area contributed by atoms with E-state index in [2.05, 4.69) is 6.58 Å². The van der Waals surface area contributed by atoms with Crippen molar-refractivity contribution in [3.05, 3.63) is 12.2 Å². The molecule has 0 spiro atoms. The van der Waals surface area contributed by atoms with Crippen molar-refractivity contribution in [3.63, 3.8) is 0 Å². The van der Waals surface area contributed by atoms with Crippen LogP contribution in [-0.4, -0.2) is 18.5 Å². The topological polar surface area (TPSA) is 26.3 Å². The maximum Gasteiger partial charge on any atom is 0.142 e. The van der Waals surface area contributed by atoms with Gasteiger partial charge < -0.3 is 4.74 Å². The first-order chi connectivity index (χ1) is 5.29. The normalized spacial score (nSPS) is 37.5. The zero-order valence-electron chi connectivity index (χ0n) is 6.51. The smallest absolute Gasteiger partial charge is 0.142 e. The van der Waals surface area contributed by atoms with Crippen LogP contribution in [0.25, 0.3) is 0 Å². The predicted molar refractivity (Wildman–Crippen MR) is 41.2 cm³/mol. The van der Waals surface area contributed by atoms with Gasteiger partial charge in [-0.05, 0) is 18.4 Å². The lowest BCUT2D eigenvalue weighted by Gasteiger charge is -2.22. The van der Waals surface area contributed by atoms with Crippen molar-refractivity contribution in [3.8, 4) is 0 Å². The van der Waals surface area contributed by atoms with Crippen LogP contribution in [0.3, 0.4) is 0 Å². The van der Waals surface area contributed by atoms with E-state index in [9.17, 15) is 4.79 Å². The van der Waals surface area contributed by atoms with E-state index in [0.29, 0.717) is 12.4 Å². The molecule has 2 rings (SSSR count). The van der Waals surface area contributed by atoms with Crippen molar-refractivity contribution >= 4 is 5.78 Å². The van der Waals surface area contributed by atoms with Crippen LogP contribution in [0.1, 0.15) is 19.3 Å². The Labute approximate surface area is 66.2 Å². The zero-order valence-corrected chi connectivity index (χ0v) is 6.51. The number of hydrogen-bond acceptors (Lipinski definition) is 2. The third kappa shape index (κ3) is 1.02. The highest BCUT2D eigenvalue weighted by atomic mass is 16.5. The number of rotatable bonds is 0. The summed E-state index contributed by atoms with van der Waals surface area (Å²) in [7, 11) is 0. The molecule has 0 aromatic carbocycles. The molecule has 2 heteroatoms. The van der Waals surface area contributed by atoms with Gasteiger partial charge in [-0.15, -0.1) is 0 Å². The highest BCUT2D eigenvalue weighted by Crippen LogP contribution is 2.34. The zero-order chi connectivity index (χ0) is 7.84. The van der Waals surface area contributed by atoms with E-state index in [1.54, 1.807) is 0 Å². The average molecular weight is 152 g/mol. The number of carbonyl (C=O) groups is 1. The molecule has 1 saturated heterocycles. The quantitative estimate of drug-likeness (QED) is 0.489. The molecule has 2 aliphatic rings. The molecule has 11 heavy (non-hydrogen) atoms. The predicted octanol–water partition coefficient (Wildman–Crippen LogP) is 1.31. The maximum atomic E-state index is 11.3. The van der Waals surface area contributed by atoms with Crippen molar-refractivity contribution < 1.29 is 9.53 Å². The second-order valence-electron chi connectivity index (χ2n) is 3.34. The molecule has 1 aliphatic carbocycles. The molecule has 0 radical (unpaired) electrons. The first-order valence-electron chi connectivity index (χ1n) is 4.11.